The Hall–Kier alpha value is -0.450. The summed E-state index contributed by atoms with van der Waals surface area (Å²) in [5.41, 5.74) is 3.11. The maximum atomic E-state index is 4.31. The molecule has 1 unspecified atom stereocenters. The molecule has 0 radical (unpaired) electrons. The Kier molecular flexibility index (Phi) is 4.75. The molecule has 1 saturated heterocycles. The minimum atomic E-state index is 0.742. The molecule has 1 aliphatic heterocycles. The van der Waals surface area contributed by atoms with E-state index in [1.165, 1.54) is 37.9 Å². The zero-order chi connectivity index (χ0) is 11.2. The first-order valence-electron chi connectivity index (χ1n) is 6.13. The molecule has 2 rings (SSSR count). The first-order valence-corrected chi connectivity index (χ1v) is 7.08. The van der Waals surface area contributed by atoms with Crippen LogP contribution in [-0.4, -0.2) is 36.1 Å². The number of aromatic nitrogens is 1. The van der Waals surface area contributed by atoms with Crippen molar-refractivity contribution in [3.8, 4) is 0 Å². The molecule has 0 bridgehead atoms. The average Bonchev–Trinajstić information content (AvgIpc) is 2.81. The average molecular weight is 239 g/mol. The Labute approximate surface area is 102 Å². The third-order valence-electron chi connectivity index (χ3n) is 3.19. The summed E-state index contributed by atoms with van der Waals surface area (Å²) in [6, 6.07) is 0.742. The molecule has 0 spiro atoms. The van der Waals surface area contributed by atoms with Gasteiger partial charge in [0.05, 0.1) is 11.2 Å². The maximum absolute atomic E-state index is 4.31. The van der Waals surface area contributed by atoms with E-state index in [9.17, 15) is 0 Å². The standard InChI is InChI=1S/C12H21N3S/c1-15(8-12-9-16-10-14-12)7-5-11-4-2-3-6-13-11/h9-11,13H,2-8H2,1H3. The third kappa shape index (κ3) is 3.85. The second kappa shape index (κ2) is 6.33. The minimum Gasteiger partial charge on any atom is -0.314 e. The van der Waals surface area contributed by atoms with Crippen LogP contribution < -0.4 is 5.32 Å². The highest BCUT2D eigenvalue weighted by molar-refractivity contribution is 7.07. The van der Waals surface area contributed by atoms with E-state index in [0.29, 0.717) is 0 Å². The van der Waals surface area contributed by atoms with Crippen molar-refractivity contribution in [1.82, 2.24) is 15.2 Å². The Morgan fingerprint density at radius 1 is 1.56 bits per heavy atom. The van der Waals surface area contributed by atoms with Crippen LogP contribution >= 0.6 is 11.3 Å². The Morgan fingerprint density at radius 2 is 2.50 bits per heavy atom. The fourth-order valence-corrected chi connectivity index (χ4v) is 2.77. The summed E-state index contributed by atoms with van der Waals surface area (Å²) < 4.78 is 0. The fourth-order valence-electron chi connectivity index (χ4n) is 2.22. The van der Waals surface area contributed by atoms with Crippen LogP contribution in [0.5, 0.6) is 0 Å². The van der Waals surface area contributed by atoms with E-state index in [0.717, 1.165) is 19.1 Å². The van der Waals surface area contributed by atoms with Crippen molar-refractivity contribution in [2.45, 2.75) is 38.3 Å². The predicted octanol–water partition coefficient (Wildman–Crippen LogP) is 2.11. The third-order valence-corrected chi connectivity index (χ3v) is 3.82. The Morgan fingerprint density at radius 3 is 3.19 bits per heavy atom. The van der Waals surface area contributed by atoms with Crippen LogP contribution in [0.15, 0.2) is 10.9 Å². The second-order valence-electron chi connectivity index (χ2n) is 4.65. The first kappa shape index (κ1) is 12.0. The summed E-state index contributed by atoms with van der Waals surface area (Å²) >= 11 is 1.68. The van der Waals surface area contributed by atoms with Crippen LogP contribution in [0.1, 0.15) is 31.4 Å². The maximum Gasteiger partial charge on any atom is 0.0795 e. The van der Waals surface area contributed by atoms with E-state index >= 15 is 0 Å². The molecule has 2 heterocycles. The van der Waals surface area contributed by atoms with Gasteiger partial charge in [0, 0.05) is 18.0 Å². The summed E-state index contributed by atoms with van der Waals surface area (Å²) in [7, 11) is 2.18. The first-order chi connectivity index (χ1) is 7.84. The summed E-state index contributed by atoms with van der Waals surface area (Å²) in [4.78, 5) is 6.68. The van der Waals surface area contributed by atoms with Gasteiger partial charge in [-0.2, -0.15) is 0 Å². The van der Waals surface area contributed by atoms with Crippen LogP contribution in [0, 0.1) is 0 Å². The molecule has 90 valence electrons. The molecule has 0 aromatic carbocycles. The number of nitrogens with one attached hydrogen (secondary N) is 1. The predicted molar refractivity (Wildman–Crippen MR) is 68.7 cm³/mol. The Balaban J connectivity index is 1.65. The van der Waals surface area contributed by atoms with Gasteiger partial charge in [0.25, 0.3) is 0 Å². The van der Waals surface area contributed by atoms with Crippen molar-refractivity contribution in [3.63, 3.8) is 0 Å². The van der Waals surface area contributed by atoms with Crippen LogP contribution in [0.4, 0.5) is 0 Å². The van der Waals surface area contributed by atoms with Crippen molar-refractivity contribution < 1.29 is 0 Å². The molecule has 1 aromatic heterocycles. The van der Waals surface area contributed by atoms with Gasteiger partial charge in [0.1, 0.15) is 0 Å². The molecule has 0 amide bonds. The number of nitrogens with zero attached hydrogens (tertiary/aromatic N) is 2. The fraction of sp³-hybridized carbons (Fsp3) is 0.750. The van der Waals surface area contributed by atoms with Crippen molar-refractivity contribution in [2.75, 3.05) is 20.1 Å². The summed E-state index contributed by atoms with van der Waals surface area (Å²) in [6.45, 7) is 3.35. The molecule has 1 atom stereocenters. The van der Waals surface area contributed by atoms with E-state index < -0.39 is 0 Å². The molecular weight excluding hydrogens is 218 g/mol. The number of hydrogen-bond donors (Lipinski definition) is 1. The molecule has 0 aliphatic carbocycles. The van der Waals surface area contributed by atoms with Gasteiger partial charge >= 0.3 is 0 Å². The molecule has 4 heteroatoms. The lowest BCUT2D eigenvalue weighted by Crippen LogP contribution is -2.36. The van der Waals surface area contributed by atoms with E-state index in [-0.39, 0.29) is 0 Å². The van der Waals surface area contributed by atoms with Crippen molar-refractivity contribution in [2.24, 2.45) is 0 Å². The lowest BCUT2D eigenvalue weighted by molar-refractivity contribution is 0.280. The number of rotatable bonds is 5. The largest absolute Gasteiger partial charge is 0.314 e. The van der Waals surface area contributed by atoms with E-state index in [1.807, 2.05) is 5.51 Å². The van der Waals surface area contributed by atoms with Crippen LogP contribution in [0.25, 0.3) is 0 Å². The molecule has 16 heavy (non-hydrogen) atoms. The smallest absolute Gasteiger partial charge is 0.0795 e. The number of piperidine rings is 1. The SMILES string of the molecule is CN(CCC1CCCCN1)Cc1cscn1. The highest BCUT2D eigenvalue weighted by Crippen LogP contribution is 2.11. The lowest BCUT2D eigenvalue weighted by Gasteiger charge is -2.25. The minimum absolute atomic E-state index is 0.742. The summed E-state index contributed by atoms with van der Waals surface area (Å²) in [5.74, 6) is 0. The molecule has 1 N–H and O–H groups in total. The van der Waals surface area contributed by atoms with E-state index in [1.54, 1.807) is 11.3 Å². The molecule has 3 nitrogen and oxygen atoms in total. The molecule has 1 aliphatic rings. The quantitative estimate of drug-likeness (QED) is 0.853. The van der Waals surface area contributed by atoms with Crippen molar-refractivity contribution in [1.29, 1.82) is 0 Å². The van der Waals surface area contributed by atoms with E-state index in [4.69, 9.17) is 0 Å². The van der Waals surface area contributed by atoms with Gasteiger partial charge in [-0.05, 0) is 39.4 Å². The zero-order valence-electron chi connectivity index (χ0n) is 9.98. The lowest BCUT2D eigenvalue weighted by atomic mass is 10.0. The second-order valence-corrected chi connectivity index (χ2v) is 5.37. The van der Waals surface area contributed by atoms with Crippen molar-refractivity contribution in [3.05, 3.63) is 16.6 Å². The molecule has 0 saturated carbocycles. The summed E-state index contributed by atoms with van der Waals surface area (Å²) in [6.07, 6.45) is 5.36. The van der Waals surface area contributed by atoms with Gasteiger partial charge in [0.15, 0.2) is 0 Å². The molecular formula is C12H21N3S. The molecule has 1 aromatic rings. The van der Waals surface area contributed by atoms with Crippen LogP contribution in [-0.2, 0) is 6.54 Å². The number of hydrogen-bond acceptors (Lipinski definition) is 4. The monoisotopic (exact) mass is 239 g/mol. The Bertz CT molecular complexity index is 280. The van der Waals surface area contributed by atoms with Gasteiger partial charge in [-0.15, -0.1) is 11.3 Å². The topological polar surface area (TPSA) is 28.2 Å². The zero-order valence-corrected chi connectivity index (χ0v) is 10.8. The van der Waals surface area contributed by atoms with Crippen LogP contribution in [0.3, 0.4) is 0 Å². The van der Waals surface area contributed by atoms with Gasteiger partial charge in [-0.25, -0.2) is 4.98 Å². The van der Waals surface area contributed by atoms with Crippen LogP contribution in [0.2, 0.25) is 0 Å². The van der Waals surface area contributed by atoms with Gasteiger partial charge < -0.3 is 10.2 Å². The highest BCUT2D eigenvalue weighted by atomic mass is 32.1. The summed E-state index contributed by atoms with van der Waals surface area (Å²) in [5, 5.41) is 5.73. The highest BCUT2D eigenvalue weighted by Gasteiger charge is 2.13. The molecule has 1 fully saturated rings. The van der Waals surface area contributed by atoms with E-state index in [2.05, 4.69) is 27.6 Å². The van der Waals surface area contributed by atoms with Gasteiger partial charge in [0.2, 0.25) is 0 Å². The van der Waals surface area contributed by atoms with Gasteiger partial charge in [-0.1, -0.05) is 6.42 Å². The van der Waals surface area contributed by atoms with Crippen molar-refractivity contribution >= 4 is 11.3 Å². The normalized spacial score (nSPS) is 21.5. The van der Waals surface area contributed by atoms with Gasteiger partial charge in [-0.3, -0.25) is 0 Å². The number of thiazole rings is 1.